The number of nitrogens with zero attached hydrogens (tertiary/aromatic N) is 2. The summed E-state index contributed by atoms with van der Waals surface area (Å²) in [5.74, 6) is 0.168. The number of carbonyl (C=O) groups is 1. The van der Waals surface area contributed by atoms with Gasteiger partial charge in [-0.25, -0.2) is 4.79 Å². The topological polar surface area (TPSA) is 69.8 Å². The molecule has 0 saturated heterocycles. The predicted octanol–water partition coefficient (Wildman–Crippen LogP) is 2.84. The average molecular weight is 327 g/mol. The van der Waals surface area contributed by atoms with Crippen LogP contribution in [0.1, 0.15) is 12.5 Å². The van der Waals surface area contributed by atoms with Crippen LogP contribution in [0.15, 0.2) is 54.6 Å². The van der Waals surface area contributed by atoms with Crippen molar-refractivity contribution in [3.05, 3.63) is 60.2 Å². The molecule has 0 aromatic heterocycles. The van der Waals surface area contributed by atoms with E-state index in [1.54, 1.807) is 24.3 Å². The van der Waals surface area contributed by atoms with Gasteiger partial charge in [-0.05, 0) is 42.8 Å². The van der Waals surface area contributed by atoms with Crippen LogP contribution >= 0.6 is 0 Å². The smallest absolute Gasteiger partial charge is 0.319 e. The number of nitrogens with two attached hydrogens (primary N) is 1. The summed E-state index contributed by atoms with van der Waals surface area (Å²) in [6, 6.07) is 16.4. The van der Waals surface area contributed by atoms with Gasteiger partial charge in [-0.15, -0.1) is 0 Å². The van der Waals surface area contributed by atoms with Gasteiger partial charge in [-0.3, -0.25) is 4.90 Å². The Bertz CT molecular complexity index is 629. The van der Waals surface area contributed by atoms with Crippen molar-refractivity contribution in [3.8, 4) is 5.75 Å². The van der Waals surface area contributed by atoms with Crippen molar-refractivity contribution < 1.29 is 9.90 Å². The Kier molecular flexibility index (Phi) is 6.63. The van der Waals surface area contributed by atoms with Gasteiger partial charge in [0, 0.05) is 25.3 Å². The van der Waals surface area contributed by atoms with Gasteiger partial charge in [0.2, 0.25) is 0 Å². The second kappa shape index (κ2) is 8.93. The van der Waals surface area contributed by atoms with Crippen molar-refractivity contribution in [3.63, 3.8) is 0 Å². The molecule has 0 aliphatic carbocycles. The molecule has 2 rings (SSSR count). The quantitative estimate of drug-likeness (QED) is 0.783. The number of hydrogen-bond donors (Lipinski definition) is 2. The molecule has 0 saturated carbocycles. The third kappa shape index (κ3) is 5.28. The van der Waals surface area contributed by atoms with E-state index in [4.69, 9.17) is 5.73 Å². The lowest BCUT2D eigenvalue weighted by Crippen LogP contribution is -2.42. The number of aromatic hydroxyl groups is 1. The van der Waals surface area contributed by atoms with E-state index in [-0.39, 0.29) is 5.75 Å². The highest BCUT2D eigenvalue weighted by molar-refractivity contribution is 5.90. The number of amides is 2. The molecule has 0 unspecified atom stereocenters. The largest absolute Gasteiger partial charge is 0.508 e. The van der Waals surface area contributed by atoms with Crippen molar-refractivity contribution in [1.82, 2.24) is 4.90 Å². The molecule has 0 aliphatic rings. The van der Waals surface area contributed by atoms with Crippen LogP contribution in [0, 0.1) is 0 Å². The molecule has 3 N–H and O–H groups in total. The van der Waals surface area contributed by atoms with Crippen LogP contribution in [0.25, 0.3) is 0 Å². The van der Waals surface area contributed by atoms with Gasteiger partial charge in [-0.1, -0.05) is 37.3 Å². The summed E-state index contributed by atoms with van der Waals surface area (Å²) >= 11 is 0. The van der Waals surface area contributed by atoms with Crippen LogP contribution in [0.2, 0.25) is 0 Å². The Morgan fingerprint density at radius 2 is 1.67 bits per heavy atom. The summed E-state index contributed by atoms with van der Waals surface area (Å²) in [5, 5.41) is 9.37. The molecule has 24 heavy (non-hydrogen) atoms. The average Bonchev–Trinajstić information content (AvgIpc) is 2.60. The Morgan fingerprint density at radius 1 is 1.00 bits per heavy atom. The van der Waals surface area contributed by atoms with Gasteiger partial charge in [0.25, 0.3) is 0 Å². The SMILES string of the molecule is CCN(CCc1ccccc1)CCN(C(N)=O)c1ccc(O)cc1. The molecule has 0 aliphatic heterocycles. The van der Waals surface area contributed by atoms with Crippen LogP contribution in [0.4, 0.5) is 10.5 Å². The number of urea groups is 1. The Labute approximate surface area is 143 Å². The van der Waals surface area contributed by atoms with Crippen molar-refractivity contribution >= 4 is 11.7 Å². The van der Waals surface area contributed by atoms with Crippen molar-refractivity contribution in [2.75, 3.05) is 31.1 Å². The first-order valence-electron chi connectivity index (χ1n) is 8.22. The van der Waals surface area contributed by atoms with Crippen molar-refractivity contribution in [2.24, 2.45) is 5.73 Å². The lowest BCUT2D eigenvalue weighted by Gasteiger charge is -2.26. The Balaban J connectivity index is 1.91. The summed E-state index contributed by atoms with van der Waals surface area (Å²) < 4.78 is 0. The maximum atomic E-state index is 11.7. The summed E-state index contributed by atoms with van der Waals surface area (Å²) in [4.78, 5) is 15.6. The number of anilines is 1. The van der Waals surface area contributed by atoms with E-state index in [1.807, 2.05) is 18.2 Å². The second-order valence-corrected chi connectivity index (χ2v) is 5.68. The number of phenolic OH excluding ortho intramolecular Hbond substituents is 1. The first-order chi connectivity index (χ1) is 11.6. The Morgan fingerprint density at radius 3 is 2.25 bits per heavy atom. The van der Waals surface area contributed by atoms with Gasteiger partial charge < -0.3 is 15.7 Å². The monoisotopic (exact) mass is 327 g/mol. The zero-order valence-electron chi connectivity index (χ0n) is 14.1. The minimum Gasteiger partial charge on any atom is -0.508 e. The third-order valence-electron chi connectivity index (χ3n) is 4.07. The number of hydrogen-bond acceptors (Lipinski definition) is 3. The standard InChI is InChI=1S/C19H25N3O2/c1-2-21(13-12-16-6-4-3-5-7-16)14-15-22(19(20)24)17-8-10-18(23)11-9-17/h3-11,23H,2,12-15H2,1H3,(H2,20,24). The zero-order valence-corrected chi connectivity index (χ0v) is 14.1. The molecule has 0 heterocycles. The molecule has 5 nitrogen and oxygen atoms in total. The molecule has 0 bridgehead atoms. The van der Waals surface area contributed by atoms with Crippen LogP contribution in [0.5, 0.6) is 5.75 Å². The van der Waals surface area contributed by atoms with Gasteiger partial charge in [-0.2, -0.15) is 0 Å². The number of primary amides is 1. The molecule has 0 fully saturated rings. The van der Waals surface area contributed by atoms with E-state index in [0.29, 0.717) is 12.2 Å². The maximum Gasteiger partial charge on any atom is 0.319 e. The number of rotatable bonds is 8. The fourth-order valence-corrected chi connectivity index (χ4v) is 2.60. The molecule has 0 spiro atoms. The van der Waals surface area contributed by atoms with E-state index in [2.05, 4.69) is 24.0 Å². The number of phenols is 1. The number of benzene rings is 2. The molecule has 0 atom stereocenters. The lowest BCUT2D eigenvalue weighted by molar-refractivity contribution is 0.250. The summed E-state index contributed by atoms with van der Waals surface area (Å²) in [6.07, 6.45) is 0.977. The van der Waals surface area contributed by atoms with E-state index < -0.39 is 6.03 Å². The molecule has 2 aromatic carbocycles. The molecular weight excluding hydrogens is 302 g/mol. The highest BCUT2D eigenvalue weighted by Gasteiger charge is 2.14. The predicted molar refractivity (Wildman–Crippen MR) is 97.3 cm³/mol. The first kappa shape index (κ1) is 17.8. The molecule has 5 heteroatoms. The molecule has 128 valence electrons. The normalized spacial score (nSPS) is 10.8. The third-order valence-corrected chi connectivity index (χ3v) is 4.07. The van der Waals surface area contributed by atoms with Gasteiger partial charge in [0.05, 0.1) is 0 Å². The maximum absolute atomic E-state index is 11.7. The fourth-order valence-electron chi connectivity index (χ4n) is 2.60. The Hall–Kier alpha value is -2.53. The minimum atomic E-state index is -0.486. The summed E-state index contributed by atoms with van der Waals surface area (Å²) in [5.41, 5.74) is 7.51. The van der Waals surface area contributed by atoms with E-state index in [0.717, 1.165) is 26.1 Å². The fraction of sp³-hybridized carbons (Fsp3) is 0.316. The second-order valence-electron chi connectivity index (χ2n) is 5.68. The van der Waals surface area contributed by atoms with Crippen molar-refractivity contribution in [2.45, 2.75) is 13.3 Å². The van der Waals surface area contributed by atoms with Crippen LogP contribution in [-0.4, -0.2) is 42.2 Å². The van der Waals surface area contributed by atoms with Crippen LogP contribution in [-0.2, 0) is 6.42 Å². The molecule has 2 aromatic rings. The van der Waals surface area contributed by atoms with Crippen LogP contribution in [0.3, 0.4) is 0 Å². The summed E-state index contributed by atoms with van der Waals surface area (Å²) in [7, 11) is 0. The molecule has 0 radical (unpaired) electrons. The van der Waals surface area contributed by atoms with Gasteiger partial charge >= 0.3 is 6.03 Å². The van der Waals surface area contributed by atoms with Gasteiger partial charge in [0.15, 0.2) is 0 Å². The molecule has 2 amide bonds. The number of likely N-dealkylation sites (N-methyl/N-ethyl adjacent to an activating group) is 1. The highest BCUT2D eigenvalue weighted by Crippen LogP contribution is 2.18. The van der Waals surface area contributed by atoms with Crippen molar-refractivity contribution in [1.29, 1.82) is 0 Å². The minimum absolute atomic E-state index is 0.168. The van der Waals surface area contributed by atoms with Crippen LogP contribution < -0.4 is 10.6 Å². The van der Waals surface area contributed by atoms with Gasteiger partial charge in [0.1, 0.15) is 5.75 Å². The highest BCUT2D eigenvalue weighted by atomic mass is 16.3. The number of carbonyl (C=O) groups excluding carboxylic acids is 1. The molecular formula is C19H25N3O2. The van der Waals surface area contributed by atoms with E-state index >= 15 is 0 Å². The zero-order chi connectivity index (χ0) is 17.4. The lowest BCUT2D eigenvalue weighted by atomic mass is 10.1. The summed E-state index contributed by atoms with van der Waals surface area (Å²) in [6.45, 7) is 5.22. The first-order valence-corrected chi connectivity index (χ1v) is 8.22. The van der Waals surface area contributed by atoms with E-state index in [9.17, 15) is 9.90 Å². The van der Waals surface area contributed by atoms with E-state index in [1.165, 1.54) is 10.5 Å².